The van der Waals surface area contributed by atoms with Crippen LogP contribution in [0.25, 0.3) is 0 Å². The number of hydrogen-bond donors (Lipinski definition) is 2. The Bertz CT molecular complexity index is 1310. The van der Waals surface area contributed by atoms with Gasteiger partial charge in [-0.15, -0.1) is 10.2 Å². The van der Waals surface area contributed by atoms with E-state index in [4.69, 9.17) is 15.2 Å². The SMILES string of the molecule is CC(C)(N)C(=O)N[C@H](COCc1ccccc1)c1nnc2n1CCN(C(=O)OCc1ccccc1C#N)C2. The fourth-order valence-electron chi connectivity index (χ4n) is 3.97. The molecule has 2 amide bonds. The normalized spacial score (nSPS) is 13.8. The van der Waals surface area contributed by atoms with E-state index in [2.05, 4.69) is 21.6 Å². The lowest BCUT2D eigenvalue weighted by atomic mass is 10.1. The highest BCUT2D eigenvalue weighted by molar-refractivity contribution is 5.85. The third kappa shape index (κ3) is 6.53. The zero-order chi connectivity index (χ0) is 27.1. The van der Waals surface area contributed by atoms with Gasteiger partial charge in [-0.05, 0) is 25.5 Å². The maximum absolute atomic E-state index is 12.7. The Morgan fingerprint density at radius 3 is 2.58 bits per heavy atom. The summed E-state index contributed by atoms with van der Waals surface area (Å²) in [6, 6.07) is 18.2. The molecule has 4 rings (SSSR count). The van der Waals surface area contributed by atoms with Crippen LogP contribution in [0.4, 0.5) is 4.79 Å². The molecule has 0 fully saturated rings. The van der Waals surface area contributed by atoms with Crippen LogP contribution < -0.4 is 11.1 Å². The molecule has 3 N–H and O–H groups in total. The zero-order valence-corrected chi connectivity index (χ0v) is 21.5. The molecule has 1 aliphatic heterocycles. The van der Waals surface area contributed by atoms with Crippen molar-refractivity contribution in [2.24, 2.45) is 5.73 Å². The smallest absolute Gasteiger partial charge is 0.410 e. The monoisotopic (exact) mass is 517 g/mol. The molecule has 1 atom stereocenters. The number of aromatic nitrogens is 3. The first-order valence-corrected chi connectivity index (χ1v) is 12.3. The molecule has 1 aliphatic rings. The predicted octanol–water partition coefficient (Wildman–Crippen LogP) is 2.41. The first kappa shape index (κ1) is 26.8. The molecule has 2 heterocycles. The number of nitrogens with zero attached hydrogens (tertiary/aromatic N) is 5. The van der Waals surface area contributed by atoms with Crippen molar-refractivity contribution in [1.82, 2.24) is 25.0 Å². The molecule has 11 heteroatoms. The summed E-state index contributed by atoms with van der Waals surface area (Å²) in [5.74, 6) is 0.749. The second kappa shape index (κ2) is 11.9. The van der Waals surface area contributed by atoms with Crippen molar-refractivity contribution in [3.63, 3.8) is 0 Å². The summed E-state index contributed by atoms with van der Waals surface area (Å²) >= 11 is 0. The molecular weight excluding hydrogens is 486 g/mol. The van der Waals surface area contributed by atoms with Crippen LogP contribution in [-0.4, -0.2) is 50.4 Å². The molecule has 0 radical (unpaired) electrons. The number of ether oxygens (including phenoxy) is 2. The molecule has 0 saturated heterocycles. The fourth-order valence-corrected chi connectivity index (χ4v) is 3.97. The van der Waals surface area contributed by atoms with Gasteiger partial charge in [-0.1, -0.05) is 48.5 Å². The van der Waals surface area contributed by atoms with E-state index in [0.29, 0.717) is 42.5 Å². The van der Waals surface area contributed by atoms with Crippen LogP contribution in [0.3, 0.4) is 0 Å². The van der Waals surface area contributed by atoms with Crippen molar-refractivity contribution in [2.45, 2.75) is 51.7 Å². The molecule has 38 heavy (non-hydrogen) atoms. The maximum Gasteiger partial charge on any atom is 0.410 e. The standard InChI is InChI=1S/C27H31N7O4/c1-27(2,29)25(35)30-22(18-37-16-19-8-4-3-5-9-19)24-32-31-23-15-33(12-13-34(23)24)26(36)38-17-21-11-7-6-10-20(21)14-28/h3-11,22H,12-13,15-18,29H2,1-2H3,(H,30,35)/t22-/m1/s1. The molecule has 11 nitrogen and oxygen atoms in total. The molecule has 0 unspecified atom stereocenters. The third-order valence-corrected chi connectivity index (χ3v) is 6.13. The summed E-state index contributed by atoms with van der Waals surface area (Å²) in [7, 11) is 0. The van der Waals surface area contributed by atoms with Crippen LogP contribution in [-0.2, 0) is 40.6 Å². The van der Waals surface area contributed by atoms with Gasteiger partial charge in [0.1, 0.15) is 12.6 Å². The molecule has 2 aromatic carbocycles. The number of amides is 2. The van der Waals surface area contributed by atoms with Crippen molar-refractivity contribution in [3.8, 4) is 6.07 Å². The lowest BCUT2D eigenvalue weighted by Gasteiger charge is -2.29. The number of fused-ring (bicyclic) bond motifs is 1. The third-order valence-electron chi connectivity index (χ3n) is 6.13. The lowest BCUT2D eigenvalue weighted by molar-refractivity contribution is -0.126. The highest BCUT2D eigenvalue weighted by Gasteiger charge is 2.32. The van der Waals surface area contributed by atoms with Gasteiger partial charge in [0.05, 0.1) is 36.9 Å². The molecule has 198 valence electrons. The highest BCUT2D eigenvalue weighted by atomic mass is 16.6. The number of hydrogen-bond acceptors (Lipinski definition) is 8. The van der Waals surface area contributed by atoms with Crippen molar-refractivity contribution in [2.75, 3.05) is 13.2 Å². The van der Waals surface area contributed by atoms with Crippen LogP contribution in [0.2, 0.25) is 0 Å². The molecule has 0 aliphatic carbocycles. The van der Waals surface area contributed by atoms with E-state index >= 15 is 0 Å². The summed E-state index contributed by atoms with van der Waals surface area (Å²) in [6.45, 7) is 4.76. The summed E-state index contributed by atoms with van der Waals surface area (Å²) < 4.78 is 13.3. The van der Waals surface area contributed by atoms with Gasteiger partial charge in [-0.3, -0.25) is 9.69 Å². The van der Waals surface area contributed by atoms with Crippen LogP contribution in [0.15, 0.2) is 54.6 Å². The van der Waals surface area contributed by atoms with Crippen molar-refractivity contribution in [1.29, 1.82) is 5.26 Å². The van der Waals surface area contributed by atoms with Crippen molar-refractivity contribution in [3.05, 3.63) is 82.9 Å². The quantitative estimate of drug-likeness (QED) is 0.440. The van der Waals surface area contributed by atoms with Crippen LogP contribution in [0, 0.1) is 11.3 Å². The van der Waals surface area contributed by atoms with Gasteiger partial charge in [0.25, 0.3) is 0 Å². The molecule has 1 aromatic heterocycles. The number of nitriles is 1. The number of carbonyl (C=O) groups is 2. The second-order valence-electron chi connectivity index (χ2n) is 9.62. The van der Waals surface area contributed by atoms with Crippen LogP contribution in [0.5, 0.6) is 0 Å². The highest BCUT2D eigenvalue weighted by Crippen LogP contribution is 2.20. The summed E-state index contributed by atoms with van der Waals surface area (Å²) in [5.41, 5.74) is 7.03. The number of nitrogens with two attached hydrogens (primary N) is 1. The van der Waals surface area contributed by atoms with Gasteiger partial charge in [-0.2, -0.15) is 5.26 Å². The van der Waals surface area contributed by atoms with E-state index in [9.17, 15) is 14.9 Å². The second-order valence-corrected chi connectivity index (χ2v) is 9.62. The number of carbonyl (C=O) groups excluding carboxylic acids is 2. The van der Waals surface area contributed by atoms with Crippen LogP contribution in [0.1, 0.15) is 48.2 Å². The zero-order valence-electron chi connectivity index (χ0n) is 21.5. The van der Waals surface area contributed by atoms with Crippen molar-refractivity contribution >= 4 is 12.0 Å². The number of rotatable bonds is 9. The molecule has 0 spiro atoms. The van der Waals surface area contributed by atoms with E-state index in [1.54, 1.807) is 38.1 Å². The van der Waals surface area contributed by atoms with Crippen LogP contribution >= 0.6 is 0 Å². The lowest BCUT2D eigenvalue weighted by Crippen LogP contribution is -2.51. The average Bonchev–Trinajstić information content (AvgIpc) is 3.34. The number of nitrogens with one attached hydrogen (secondary N) is 1. The van der Waals surface area contributed by atoms with Gasteiger partial charge in [0.15, 0.2) is 11.6 Å². The Balaban J connectivity index is 1.43. The van der Waals surface area contributed by atoms with Gasteiger partial charge in [0.2, 0.25) is 5.91 Å². The minimum atomic E-state index is -1.09. The van der Waals surface area contributed by atoms with E-state index in [-0.39, 0.29) is 25.7 Å². The maximum atomic E-state index is 12.7. The van der Waals surface area contributed by atoms with E-state index in [1.165, 1.54) is 4.90 Å². The molecule has 0 saturated carbocycles. The Hall–Kier alpha value is -4.27. The molecule has 0 bridgehead atoms. The number of benzene rings is 2. The van der Waals surface area contributed by atoms with E-state index < -0.39 is 17.7 Å². The van der Waals surface area contributed by atoms with Gasteiger partial charge in [0, 0.05) is 18.7 Å². The fraction of sp³-hybridized carbons (Fsp3) is 0.370. The largest absolute Gasteiger partial charge is 0.444 e. The van der Waals surface area contributed by atoms with Crippen molar-refractivity contribution < 1.29 is 19.1 Å². The Kier molecular flexibility index (Phi) is 8.35. The van der Waals surface area contributed by atoms with E-state index in [0.717, 1.165) is 5.56 Å². The summed E-state index contributed by atoms with van der Waals surface area (Å²) in [6.07, 6.45) is -0.505. The Morgan fingerprint density at radius 1 is 1.11 bits per heavy atom. The van der Waals surface area contributed by atoms with E-state index in [1.807, 2.05) is 34.9 Å². The van der Waals surface area contributed by atoms with Gasteiger partial charge >= 0.3 is 6.09 Å². The first-order valence-electron chi connectivity index (χ1n) is 12.3. The summed E-state index contributed by atoms with van der Waals surface area (Å²) in [5, 5.41) is 20.8. The van der Waals surface area contributed by atoms with Gasteiger partial charge in [-0.25, -0.2) is 4.79 Å². The molecule has 3 aromatic rings. The van der Waals surface area contributed by atoms with Gasteiger partial charge < -0.3 is 25.1 Å². The minimum absolute atomic E-state index is 0.00125. The average molecular weight is 518 g/mol. The first-order chi connectivity index (χ1) is 18.3. The Morgan fingerprint density at radius 2 is 1.84 bits per heavy atom. The Labute approximate surface area is 221 Å². The minimum Gasteiger partial charge on any atom is -0.444 e. The topological polar surface area (TPSA) is 148 Å². The molecular formula is C27H31N7O4. The predicted molar refractivity (Wildman–Crippen MR) is 137 cm³/mol. The summed E-state index contributed by atoms with van der Waals surface area (Å²) in [4.78, 5) is 27.0.